The summed E-state index contributed by atoms with van der Waals surface area (Å²) < 4.78 is 32.5. The minimum atomic E-state index is -3.81. The number of likely N-dealkylation sites (N-methyl/N-ethyl adjacent to an activating group) is 1. The van der Waals surface area contributed by atoms with Gasteiger partial charge in [-0.25, -0.2) is 13.2 Å². The molecule has 2 saturated heterocycles. The Bertz CT molecular complexity index is 816. The number of rotatable bonds is 5. The molecule has 1 aromatic carbocycles. The first-order valence-electron chi connectivity index (χ1n) is 9.61. The second-order valence-electron chi connectivity index (χ2n) is 7.15. The predicted octanol–water partition coefficient (Wildman–Crippen LogP) is 0.790. The molecule has 0 aromatic heterocycles. The highest BCUT2D eigenvalue weighted by Gasteiger charge is 2.41. The molecule has 3 rings (SSSR count). The van der Waals surface area contributed by atoms with Gasteiger partial charge in [-0.15, -0.1) is 0 Å². The number of carbonyl (C=O) groups is 2. The smallest absolute Gasteiger partial charge is 0.338 e. The molecular weight excluding hydrogens is 382 g/mol. The van der Waals surface area contributed by atoms with Crippen LogP contribution in [-0.2, 0) is 19.6 Å². The summed E-state index contributed by atoms with van der Waals surface area (Å²) >= 11 is 0. The molecule has 8 nitrogen and oxygen atoms in total. The molecule has 1 aromatic rings. The standard InChI is InChI=1S/C19H27N3O5S/c1-3-27-19(24)15-6-8-16(9-7-15)28(25,26)22-10-4-5-17(22)18(23)21-13-11-20(2)12-14-21/h6-9,17H,3-5,10-14H2,1-2H3/t17-/m1/s1. The van der Waals surface area contributed by atoms with Crippen molar-refractivity contribution < 1.29 is 22.7 Å². The fourth-order valence-electron chi connectivity index (χ4n) is 3.63. The van der Waals surface area contributed by atoms with Gasteiger partial charge in [0.2, 0.25) is 15.9 Å². The fourth-order valence-corrected chi connectivity index (χ4v) is 5.28. The minimum absolute atomic E-state index is 0.0821. The van der Waals surface area contributed by atoms with Crippen LogP contribution in [0.4, 0.5) is 0 Å². The third-order valence-electron chi connectivity index (χ3n) is 5.28. The van der Waals surface area contributed by atoms with E-state index in [0.717, 1.165) is 13.1 Å². The van der Waals surface area contributed by atoms with E-state index in [9.17, 15) is 18.0 Å². The highest BCUT2D eigenvalue weighted by atomic mass is 32.2. The van der Waals surface area contributed by atoms with Crippen molar-refractivity contribution in [3.05, 3.63) is 29.8 Å². The van der Waals surface area contributed by atoms with E-state index >= 15 is 0 Å². The summed E-state index contributed by atoms with van der Waals surface area (Å²) in [7, 11) is -1.81. The van der Waals surface area contributed by atoms with Crippen LogP contribution in [0, 0.1) is 0 Å². The molecule has 2 aliphatic rings. The van der Waals surface area contributed by atoms with Crippen LogP contribution in [0.5, 0.6) is 0 Å². The highest BCUT2D eigenvalue weighted by molar-refractivity contribution is 7.89. The van der Waals surface area contributed by atoms with Gasteiger partial charge in [-0.2, -0.15) is 4.31 Å². The number of esters is 1. The third kappa shape index (κ3) is 4.21. The summed E-state index contributed by atoms with van der Waals surface area (Å²) in [6.45, 7) is 5.11. The molecule has 0 spiro atoms. The molecule has 0 saturated carbocycles. The van der Waals surface area contributed by atoms with Gasteiger partial charge in [-0.3, -0.25) is 4.79 Å². The van der Waals surface area contributed by atoms with E-state index in [0.29, 0.717) is 38.0 Å². The maximum atomic E-state index is 13.1. The van der Waals surface area contributed by atoms with Crippen LogP contribution in [0.3, 0.4) is 0 Å². The van der Waals surface area contributed by atoms with Gasteiger partial charge < -0.3 is 14.5 Å². The van der Waals surface area contributed by atoms with E-state index in [-0.39, 0.29) is 17.4 Å². The number of sulfonamides is 1. The average molecular weight is 410 g/mol. The van der Waals surface area contributed by atoms with Gasteiger partial charge in [-0.1, -0.05) is 0 Å². The largest absolute Gasteiger partial charge is 0.462 e. The number of hydrogen-bond donors (Lipinski definition) is 0. The Labute approximate surface area is 166 Å². The van der Waals surface area contributed by atoms with Crippen LogP contribution in [0.25, 0.3) is 0 Å². The number of ether oxygens (including phenoxy) is 1. The maximum absolute atomic E-state index is 13.1. The van der Waals surface area contributed by atoms with Gasteiger partial charge >= 0.3 is 5.97 Å². The molecule has 154 valence electrons. The van der Waals surface area contributed by atoms with E-state index in [1.54, 1.807) is 11.8 Å². The zero-order chi connectivity index (χ0) is 20.3. The number of piperazine rings is 1. The van der Waals surface area contributed by atoms with Crippen LogP contribution >= 0.6 is 0 Å². The summed E-state index contributed by atoms with van der Waals surface area (Å²) in [5, 5.41) is 0. The van der Waals surface area contributed by atoms with Gasteiger partial charge in [0, 0.05) is 32.7 Å². The zero-order valence-electron chi connectivity index (χ0n) is 16.3. The molecule has 28 heavy (non-hydrogen) atoms. The lowest BCUT2D eigenvalue weighted by Crippen LogP contribution is -2.53. The third-order valence-corrected chi connectivity index (χ3v) is 7.20. The second-order valence-corrected chi connectivity index (χ2v) is 9.04. The summed E-state index contributed by atoms with van der Waals surface area (Å²) in [5.74, 6) is -0.604. The van der Waals surface area contributed by atoms with Crippen molar-refractivity contribution in [3.63, 3.8) is 0 Å². The van der Waals surface area contributed by atoms with Gasteiger partial charge in [0.25, 0.3) is 0 Å². The molecule has 0 unspecified atom stereocenters. The van der Waals surface area contributed by atoms with Gasteiger partial charge in [0.1, 0.15) is 6.04 Å². The van der Waals surface area contributed by atoms with Crippen LogP contribution in [-0.4, -0.2) is 86.8 Å². The van der Waals surface area contributed by atoms with Crippen molar-refractivity contribution in [1.29, 1.82) is 0 Å². The topological polar surface area (TPSA) is 87.2 Å². The summed E-state index contributed by atoms with van der Waals surface area (Å²) in [6.07, 6.45) is 1.19. The molecule has 1 amide bonds. The Morgan fingerprint density at radius 1 is 1.07 bits per heavy atom. The number of hydrogen-bond acceptors (Lipinski definition) is 6. The Kier molecular flexibility index (Phi) is 6.36. The van der Waals surface area contributed by atoms with E-state index in [2.05, 4.69) is 4.90 Å². The molecular formula is C19H27N3O5S. The Morgan fingerprint density at radius 3 is 2.32 bits per heavy atom. The predicted molar refractivity (Wildman–Crippen MR) is 103 cm³/mol. The lowest BCUT2D eigenvalue weighted by atomic mass is 10.2. The first-order valence-corrected chi connectivity index (χ1v) is 11.0. The lowest BCUT2D eigenvalue weighted by molar-refractivity contribution is -0.136. The van der Waals surface area contributed by atoms with Crippen LogP contribution < -0.4 is 0 Å². The van der Waals surface area contributed by atoms with Crippen molar-refractivity contribution in [3.8, 4) is 0 Å². The number of nitrogens with zero attached hydrogens (tertiary/aromatic N) is 3. The minimum Gasteiger partial charge on any atom is -0.462 e. The SMILES string of the molecule is CCOC(=O)c1ccc(S(=O)(=O)N2CCC[C@@H]2C(=O)N2CCN(C)CC2)cc1. The molecule has 2 heterocycles. The molecule has 1 atom stereocenters. The van der Waals surface area contributed by atoms with Crippen molar-refractivity contribution in [2.45, 2.75) is 30.7 Å². The molecule has 0 N–H and O–H groups in total. The van der Waals surface area contributed by atoms with Crippen molar-refractivity contribution >= 4 is 21.9 Å². The molecule has 0 aliphatic carbocycles. The van der Waals surface area contributed by atoms with E-state index in [1.165, 1.54) is 28.6 Å². The van der Waals surface area contributed by atoms with Gasteiger partial charge in [-0.05, 0) is 51.1 Å². The second kappa shape index (κ2) is 8.59. The van der Waals surface area contributed by atoms with Crippen LogP contribution in [0.2, 0.25) is 0 Å². The average Bonchev–Trinajstić information content (AvgIpc) is 3.19. The monoisotopic (exact) mass is 409 g/mol. The summed E-state index contributed by atoms with van der Waals surface area (Å²) in [4.78, 5) is 28.7. The number of amides is 1. The Balaban J connectivity index is 1.76. The van der Waals surface area contributed by atoms with Crippen LogP contribution in [0.15, 0.2) is 29.2 Å². The lowest BCUT2D eigenvalue weighted by Gasteiger charge is -2.35. The Hall–Kier alpha value is -1.97. The van der Waals surface area contributed by atoms with Crippen molar-refractivity contribution in [1.82, 2.24) is 14.1 Å². The molecule has 9 heteroatoms. The molecule has 0 bridgehead atoms. The van der Waals surface area contributed by atoms with Gasteiger partial charge in [0.05, 0.1) is 17.1 Å². The first kappa shape index (κ1) is 20.8. The summed E-state index contributed by atoms with van der Waals surface area (Å²) in [6, 6.07) is 5.03. The highest BCUT2D eigenvalue weighted by Crippen LogP contribution is 2.28. The van der Waals surface area contributed by atoms with E-state index < -0.39 is 22.0 Å². The summed E-state index contributed by atoms with van der Waals surface area (Å²) in [5.41, 5.74) is 0.298. The van der Waals surface area contributed by atoms with Crippen LogP contribution in [0.1, 0.15) is 30.1 Å². The van der Waals surface area contributed by atoms with Gasteiger partial charge in [0.15, 0.2) is 0 Å². The first-order chi connectivity index (χ1) is 13.3. The number of benzene rings is 1. The fraction of sp³-hybridized carbons (Fsp3) is 0.579. The van der Waals surface area contributed by atoms with Crippen molar-refractivity contribution in [2.24, 2.45) is 0 Å². The zero-order valence-corrected chi connectivity index (χ0v) is 17.2. The Morgan fingerprint density at radius 2 is 1.71 bits per heavy atom. The molecule has 0 radical (unpaired) electrons. The van der Waals surface area contributed by atoms with Crippen molar-refractivity contribution in [2.75, 3.05) is 46.4 Å². The molecule has 2 fully saturated rings. The van der Waals surface area contributed by atoms with E-state index in [1.807, 2.05) is 7.05 Å². The van der Waals surface area contributed by atoms with E-state index in [4.69, 9.17) is 4.74 Å². The molecule has 2 aliphatic heterocycles. The quantitative estimate of drug-likeness (QED) is 0.669. The number of carbonyl (C=O) groups excluding carboxylic acids is 2. The maximum Gasteiger partial charge on any atom is 0.338 e. The normalized spacial score (nSPS) is 21.6.